The highest BCUT2D eigenvalue weighted by Crippen LogP contribution is 2.17. The lowest BCUT2D eigenvalue weighted by Crippen LogP contribution is -2.16. The van der Waals surface area contributed by atoms with Crippen LogP contribution in [0.25, 0.3) is 0 Å². The van der Waals surface area contributed by atoms with Gasteiger partial charge in [0.25, 0.3) is 0 Å². The largest absolute Gasteiger partial charge is 0.381 e. The first kappa shape index (κ1) is 12.7. The average Bonchev–Trinajstić information content (AvgIpc) is 1.95. The SMILES string of the molecule is CO[C@H](CC=CC(C)(C)C)C(C)C. The van der Waals surface area contributed by atoms with Gasteiger partial charge in [0.15, 0.2) is 0 Å². The lowest BCUT2D eigenvalue weighted by molar-refractivity contribution is 0.0674. The van der Waals surface area contributed by atoms with E-state index in [0.717, 1.165) is 6.42 Å². The molecule has 0 fully saturated rings. The van der Waals surface area contributed by atoms with Gasteiger partial charge >= 0.3 is 0 Å². The van der Waals surface area contributed by atoms with Gasteiger partial charge in [-0.05, 0) is 17.8 Å². The van der Waals surface area contributed by atoms with Gasteiger partial charge in [0.05, 0.1) is 6.10 Å². The summed E-state index contributed by atoms with van der Waals surface area (Å²) < 4.78 is 5.38. The average molecular weight is 184 g/mol. The molecule has 1 nitrogen and oxygen atoms in total. The molecule has 0 saturated heterocycles. The van der Waals surface area contributed by atoms with Crippen molar-refractivity contribution in [2.45, 2.75) is 47.1 Å². The van der Waals surface area contributed by atoms with Gasteiger partial charge in [0.2, 0.25) is 0 Å². The Morgan fingerprint density at radius 1 is 1.23 bits per heavy atom. The van der Waals surface area contributed by atoms with E-state index in [-0.39, 0.29) is 5.41 Å². The summed E-state index contributed by atoms with van der Waals surface area (Å²) in [7, 11) is 1.79. The minimum atomic E-state index is 0.287. The Morgan fingerprint density at radius 3 is 2.08 bits per heavy atom. The van der Waals surface area contributed by atoms with E-state index in [1.165, 1.54) is 0 Å². The van der Waals surface area contributed by atoms with Crippen LogP contribution >= 0.6 is 0 Å². The molecule has 0 aromatic heterocycles. The molecule has 0 amide bonds. The molecule has 0 radical (unpaired) electrons. The highest BCUT2D eigenvalue weighted by Gasteiger charge is 2.10. The zero-order valence-corrected chi connectivity index (χ0v) is 9.92. The molecule has 0 saturated carbocycles. The summed E-state index contributed by atoms with van der Waals surface area (Å²) in [4.78, 5) is 0. The van der Waals surface area contributed by atoms with Gasteiger partial charge in [0.1, 0.15) is 0 Å². The van der Waals surface area contributed by atoms with Crippen molar-refractivity contribution in [2.75, 3.05) is 7.11 Å². The van der Waals surface area contributed by atoms with E-state index < -0.39 is 0 Å². The fourth-order valence-electron chi connectivity index (χ4n) is 1.20. The maximum Gasteiger partial charge on any atom is 0.0628 e. The molecule has 1 heteroatoms. The maximum atomic E-state index is 5.38. The van der Waals surface area contributed by atoms with Crippen LogP contribution in [0.3, 0.4) is 0 Å². The van der Waals surface area contributed by atoms with Gasteiger partial charge in [-0.15, -0.1) is 0 Å². The van der Waals surface area contributed by atoms with Crippen LogP contribution in [0.15, 0.2) is 12.2 Å². The molecule has 78 valence electrons. The summed E-state index contributed by atoms with van der Waals surface area (Å²) in [6.45, 7) is 11.0. The Labute approximate surface area is 83.2 Å². The van der Waals surface area contributed by atoms with Crippen LogP contribution in [-0.2, 0) is 4.74 Å². The van der Waals surface area contributed by atoms with Crippen LogP contribution in [0.4, 0.5) is 0 Å². The number of hydrogen-bond acceptors (Lipinski definition) is 1. The lowest BCUT2D eigenvalue weighted by atomic mass is 9.94. The van der Waals surface area contributed by atoms with Crippen molar-refractivity contribution < 1.29 is 4.74 Å². The minimum Gasteiger partial charge on any atom is -0.381 e. The fraction of sp³-hybridized carbons (Fsp3) is 0.833. The van der Waals surface area contributed by atoms with E-state index in [1.807, 2.05) is 0 Å². The van der Waals surface area contributed by atoms with Crippen molar-refractivity contribution in [3.8, 4) is 0 Å². The highest BCUT2D eigenvalue weighted by molar-refractivity contribution is 4.93. The lowest BCUT2D eigenvalue weighted by Gasteiger charge is -2.18. The smallest absolute Gasteiger partial charge is 0.0628 e. The first-order chi connectivity index (χ1) is 5.87. The third-order valence-corrected chi connectivity index (χ3v) is 2.03. The first-order valence-electron chi connectivity index (χ1n) is 5.07. The molecule has 0 rings (SSSR count). The topological polar surface area (TPSA) is 9.23 Å². The summed E-state index contributed by atoms with van der Waals surface area (Å²) >= 11 is 0. The molecular weight excluding hydrogens is 160 g/mol. The Hall–Kier alpha value is -0.300. The van der Waals surface area contributed by atoms with E-state index >= 15 is 0 Å². The quantitative estimate of drug-likeness (QED) is 0.606. The van der Waals surface area contributed by atoms with E-state index in [9.17, 15) is 0 Å². The molecule has 13 heavy (non-hydrogen) atoms. The zero-order valence-electron chi connectivity index (χ0n) is 9.92. The summed E-state index contributed by atoms with van der Waals surface area (Å²) in [5.74, 6) is 0.592. The highest BCUT2D eigenvalue weighted by atomic mass is 16.5. The minimum absolute atomic E-state index is 0.287. The number of allylic oxidation sites excluding steroid dienone is 1. The van der Waals surface area contributed by atoms with Gasteiger partial charge in [-0.1, -0.05) is 46.8 Å². The normalized spacial score (nSPS) is 15.6. The molecule has 0 heterocycles. The number of ether oxygens (including phenoxy) is 1. The molecule has 0 aromatic carbocycles. The van der Waals surface area contributed by atoms with Crippen molar-refractivity contribution in [3.05, 3.63) is 12.2 Å². The maximum absolute atomic E-state index is 5.38. The van der Waals surface area contributed by atoms with Crippen LogP contribution in [0.1, 0.15) is 41.0 Å². The Kier molecular flexibility index (Phi) is 5.31. The second-order valence-corrected chi connectivity index (χ2v) is 5.02. The van der Waals surface area contributed by atoms with Crippen molar-refractivity contribution in [2.24, 2.45) is 11.3 Å². The van der Waals surface area contributed by atoms with Gasteiger partial charge in [-0.2, -0.15) is 0 Å². The van der Waals surface area contributed by atoms with Gasteiger partial charge in [-0.25, -0.2) is 0 Å². The van der Waals surface area contributed by atoms with E-state index in [0.29, 0.717) is 12.0 Å². The second-order valence-electron chi connectivity index (χ2n) is 5.02. The molecule has 0 aliphatic rings. The third-order valence-electron chi connectivity index (χ3n) is 2.03. The summed E-state index contributed by atoms with van der Waals surface area (Å²) in [6.07, 6.45) is 5.86. The molecule has 0 N–H and O–H groups in total. The Morgan fingerprint density at radius 2 is 1.77 bits per heavy atom. The van der Waals surface area contributed by atoms with Crippen molar-refractivity contribution in [1.82, 2.24) is 0 Å². The number of methoxy groups -OCH3 is 1. The van der Waals surface area contributed by atoms with Crippen LogP contribution < -0.4 is 0 Å². The standard InChI is InChI=1S/C12H24O/c1-10(2)11(13-6)8-7-9-12(3,4)5/h7,9-11H,8H2,1-6H3/t11-/m1/s1. The summed E-state index contributed by atoms with van der Waals surface area (Å²) in [5.41, 5.74) is 0.287. The van der Waals surface area contributed by atoms with Crippen LogP contribution in [0.2, 0.25) is 0 Å². The monoisotopic (exact) mass is 184 g/mol. The van der Waals surface area contributed by atoms with Crippen LogP contribution in [0, 0.1) is 11.3 Å². The van der Waals surface area contributed by atoms with E-state index in [4.69, 9.17) is 4.74 Å². The van der Waals surface area contributed by atoms with Crippen molar-refractivity contribution in [1.29, 1.82) is 0 Å². The number of rotatable bonds is 4. The van der Waals surface area contributed by atoms with E-state index in [2.05, 4.69) is 46.8 Å². The molecule has 0 aromatic rings. The zero-order chi connectivity index (χ0) is 10.5. The first-order valence-corrected chi connectivity index (χ1v) is 5.07. The molecule has 0 bridgehead atoms. The molecule has 1 atom stereocenters. The van der Waals surface area contributed by atoms with Gasteiger partial charge in [-0.3, -0.25) is 0 Å². The number of hydrogen-bond donors (Lipinski definition) is 0. The predicted molar refractivity (Wildman–Crippen MR) is 58.8 cm³/mol. The molecule has 0 aliphatic carbocycles. The van der Waals surface area contributed by atoms with E-state index in [1.54, 1.807) is 7.11 Å². The summed E-state index contributed by atoms with van der Waals surface area (Å²) in [6, 6.07) is 0. The van der Waals surface area contributed by atoms with Crippen molar-refractivity contribution in [3.63, 3.8) is 0 Å². The van der Waals surface area contributed by atoms with Crippen LogP contribution in [0.5, 0.6) is 0 Å². The van der Waals surface area contributed by atoms with Crippen molar-refractivity contribution >= 4 is 0 Å². The van der Waals surface area contributed by atoms with Gasteiger partial charge in [0, 0.05) is 7.11 Å². The Balaban J connectivity index is 3.92. The fourth-order valence-corrected chi connectivity index (χ4v) is 1.20. The third kappa shape index (κ3) is 6.83. The molecule has 0 unspecified atom stereocenters. The molecular formula is C12H24O. The Bertz CT molecular complexity index is 151. The molecule has 0 aliphatic heterocycles. The molecule has 0 spiro atoms. The van der Waals surface area contributed by atoms with Crippen LogP contribution in [-0.4, -0.2) is 13.2 Å². The predicted octanol–water partition coefficient (Wildman–Crippen LogP) is 3.65. The van der Waals surface area contributed by atoms with Gasteiger partial charge < -0.3 is 4.74 Å². The second kappa shape index (κ2) is 5.43. The summed E-state index contributed by atoms with van der Waals surface area (Å²) in [5, 5.41) is 0.